The van der Waals surface area contributed by atoms with Crippen LogP contribution < -0.4 is 5.01 Å². The third-order valence-corrected chi connectivity index (χ3v) is 3.74. The molecular formula is C14H19N3. The van der Waals surface area contributed by atoms with Crippen LogP contribution in [0.15, 0.2) is 35.4 Å². The van der Waals surface area contributed by atoms with Gasteiger partial charge in [-0.1, -0.05) is 32.0 Å². The molecule has 0 radical (unpaired) electrons. The summed E-state index contributed by atoms with van der Waals surface area (Å²) < 4.78 is 0. The number of hydrogen-bond acceptors (Lipinski definition) is 3. The summed E-state index contributed by atoms with van der Waals surface area (Å²) >= 11 is 0. The molecule has 1 aromatic rings. The maximum Gasteiger partial charge on any atom is 0.127 e. The van der Waals surface area contributed by atoms with Crippen molar-refractivity contribution in [1.82, 2.24) is 4.90 Å². The summed E-state index contributed by atoms with van der Waals surface area (Å²) in [5, 5.41) is 6.84. The number of nitrogens with zero attached hydrogens (tertiary/aromatic N) is 3. The molecular weight excluding hydrogens is 210 g/mol. The van der Waals surface area contributed by atoms with Crippen LogP contribution in [0.25, 0.3) is 0 Å². The maximum absolute atomic E-state index is 4.73. The van der Waals surface area contributed by atoms with Crippen molar-refractivity contribution >= 4 is 11.5 Å². The van der Waals surface area contributed by atoms with Crippen LogP contribution in [0.3, 0.4) is 0 Å². The second-order valence-corrected chi connectivity index (χ2v) is 5.21. The molecule has 17 heavy (non-hydrogen) atoms. The fourth-order valence-electron chi connectivity index (χ4n) is 2.81. The van der Waals surface area contributed by atoms with Crippen molar-refractivity contribution in [3.8, 4) is 0 Å². The number of anilines is 1. The van der Waals surface area contributed by atoms with E-state index in [1.807, 2.05) is 6.07 Å². The maximum atomic E-state index is 4.73. The Morgan fingerprint density at radius 2 is 2.00 bits per heavy atom. The molecule has 0 aliphatic carbocycles. The van der Waals surface area contributed by atoms with Crippen LogP contribution >= 0.6 is 0 Å². The Labute approximate surface area is 103 Å². The Morgan fingerprint density at radius 1 is 1.24 bits per heavy atom. The van der Waals surface area contributed by atoms with E-state index in [9.17, 15) is 0 Å². The van der Waals surface area contributed by atoms with Crippen LogP contribution in [0, 0.1) is 5.92 Å². The zero-order chi connectivity index (χ0) is 11.8. The second kappa shape index (κ2) is 4.06. The largest absolute Gasteiger partial charge is 0.336 e. The highest BCUT2D eigenvalue weighted by molar-refractivity contribution is 5.87. The van der Waals surface area contributed by atoms with E-state index in [1.165, 1.54) is 17.9 Å². The molecule has 2 heterocycles. The number of fused-ring (bicyclic) bond motifs is 1. The Morgan fingerprint density at radius 3 is 2.71 bits per heavy atom. The molecule has 90 valence electrons. The normalized spacial score (nSPS) is 23.2. The fraction of sp³-hybridized carbons (Fsp3) is 0.500. The summed E-state index contributed by atoms with van der Waals surface area (Å²) in [5.41, 5.74) is 1.19. The lowest BCUT2D eigenvalue weighted by molar-refractivity contribution is 0.281. The molecule has 0 bridgehead atoms. The number of para-hydroxylation sites is 1. The molecule has 2 aliphatic rings. The summed E-state index contributed by atoms with van der Waals surface area (Å²) in [7, 11) is 0. The molecule has 1 saturated heterocycles. The molecule has 0 saturated carbocycles. The third-order valence-electron chi connectivity index (χ3n) is 3.74. The van der Waals surface area contributed by atoms with Gasteiger partial charge in [-0.05, 0) is 24.5 Å². The minimum absolute atomic E-state index is 0.669. The SMILES string of the molecule is CC(C)[C@H]1CCC2=NN(c3ccccc3)CN21. The number of hydrazone groups is 1. The molecule has 3 rings (SSSR count). The van der Waals surface area contributed by atoms with E-state index in [0.717, 1.165) is 13.1 Å². The van der Waals surface area contributed by atoms with E-state index in [4.69, 9.17) is 5.10 Å². The minimum atomic E-state index is 0.669. The van der Waals surface area contributed by atoms with Gasteiger partial charge in [-0.2, -0.15) is 5.10 Å². The van der Waals surface area contributed by atoms with Crippen molar-refractivity contribution in [2.45, 2.75) is 32.7 Å². The Balaban J connectivity index is 1.81. The monoisotopic (exact) mass is 229 g/mol. The quantitative estimate of drug-likeness (QED) is 0.776. The third kappa shape index (κ3) is 1.79. The van der Waals surface area contributed by atoms with Crippen molar-refractivity contribution in [2.75, 3.05) is 11.7 Å². The summed E-state index contributed by atoms with van der Waals surface area (Å²) in [6.45, 7) is 5.53. The van der Waals surface area contributed by atoms with Gasteiger partial charge in [-0.3, -0.25) is 0 Å². The number of rotatable bonds is 2. The van der Waals surface area contributed by atoms with Crippen molar-refractivity contribution in [2.24, 2.45) is 11.0 Å². The predicted molar refractivity (Wildman–Crippen MR) is 70.9 cm³/mol. The van der Waals surface area contributed by atoms with Gasteiger partial charge in [0.15, 0.2) is 0 Å². The van der Waals surface area contributed by atoms with Crippen LogP contribution in [0.2, 0.25) is 0 Å². The standard InChI is InChI=1S/C14H19N3/c1-11(2)13-8-9-14-15-17(10-16(13)14)12-6-4-3-5-7-12/h3-7,11,13H,8-10H2,1-2H3/t13-/m1/s1. The van der Waals surface area contributed by atoms with Gasteiger partial charge in [0.05, 0.1) is 5.69 Å². The topological polar surface area (TPSA) is 18.8 Å². The summed E-state index contributed by atoms with van der Waals surface area (Å²) in [4.78, 5) is 2.47. The Bertz CT molecular complexity index is 424. The van der Waals surface area contributed by atoms with Gasteiger partial charge in [0, 0.05) is 12.5 Å². The van der Waals surface area contributed by atoms with Crippen molar-refractivity contribution in [3.05, 3.63) is 30.3 Å². The van der Waals surface area contributed by atoms with Crippen molar-refractivity contribution < 1.29 is 0 Å². The summed E-state index contributed by atoms with van der Waals surface area (Å²) in [6, 6.07) is 11.1. The Hall–Kier alpha value is -1.51. The van der Waals surface area contributed by atoms with Crippen LogP contribution in [0.4, 0.5) is 5.69 Å². The van der Waals surface area contributed by atoms with E-state index in [-0.39, 0.29) is 0 Å². The van der Waals surface area contributed by atoms with Crippen LogP contribution in [0.5, 0.6) is 0 Å². The molecule has 0 amide bonds. The lowest BCUT2D eigenvalue weighted by atomic mass is 10.0. The zero-order valence-corrected chi connectivity index (χ0v) is 10.5. The average molecular weight is 229 g/mol. The molecule has 3 nitrogen and oxygen atoms in total. The second-order valence-electron chi connectivity index (χ2n) is 5.21. The highest BCUT2D eigenvalue weighted by Crippen LogP contribution is 2.31. The number of benzene rings is 1. The van der Waals surface area contributed by atoms with Gasteiger partial charge in [0.2, 0.25) is 0 Å². The lowest BCUT2D eigenvalue weighted by Gasteiger charge is -2.27. The van der Waals surface area contributed by atoms with E-state index in [2.05, 4.69) is 48.0 Å². The molecule has 0 unspecified atom stereocenters. The Kier molecular flexibility index (Phi) is 2.54. The zero-order valence-electron chi connectivity index (χ0n) is 10.5. The first-order valence-corrected chi connectivity index (χ1v) is 6.42. The molecule has 0 N–H and O–H groups in total. The molecule has 1 aromatic carbocycles. The molecule has 0 spiro atoms. The van der Waals surface area contributed by atoms with E-state index in [1.54, 1.807) is 0 Å². The summed E-state index contributed by atoms with van der Waals surface area (Å²) in [6.07, 6.45) is 2.39. The molecule has 1 fully saturated rings. The number of hydrogen-bond donors (Lipinski definition) is 0. The first-order valence-electron chi connectivity index (χ1n) is 6.42. The van der Waals surface area contributed by atoms with E-state index < -0.39 is 0 Å². The summed E-state index contributed by atoms with van der Waals surface area (Å²) in [5.74, 6) is 1.98. The van der Waals surface area contributed by atoms with E-state index in [0.29, 0.717) is 12.0 Å². The first-order chi connectivity index (χ1) is 8.25. The molecule has 2 aliphatic heterocycles. The average Bonchev–Trinajstić information content (AvgIpc) is 2.88. The van der Waals surface area contributed by atoms with Crippen LogP contribution in [-0.2, 0) is 0 Å². The van der Waals surface area contributed by atoms with Gasteiger partial charge >= 0.3 is 0 Å². The van der Waals surface area contributed by atoms with Gasteiger partial charge in [-0.25, -0.2) is 5.01 Å². The van der Waals surface area contributed by atoms with Gasteiger partial charge in [0.1, 0.15) is 12.5 Å². The van der Waals surface area contributed by atoms with E-state index >= 15 is 0 Å². The first kappa shape index (κ1) is 10.6. The fourth-order valence-corrected chi connectivity index (χ4v) is 2.81. The van der Waals surface area contributed by atoms with Gasteiger partial charge in [0.25, 0.3) is 0 Å². The van der Waals surface area contributed by atoms with Gasteiger partial charge in [-0.15, -0.1) is 0 Å². The predicted octanol–water partition coefficient (Wildman–Crippen LogP) is 2.90. The smallest absolute Gasteiger partial charge is 0.127 e. The highest BCUT2D eigenvalue weighted by atomic mass is 15.6. The molecule has 3 heteroatoms. The minimum Gasteiger partial charge on any atom is -0.336 e. The van der Waals surface area contributed by atoms with Crippen molar-refractivity contribution in [3.63, 3.8) is 0 Å². The van der Waals surface area contributed by atoms with Crippen molar-refractivity contribution in [1.29, 1.82) is 0 Å². The lowest BCUT2D eigenvalue weighted by Crippen LogP contribution is -2.37. The van der Waals surface area contributed by atoms with Crippen LogP contribution in [-0.4, -0.2) is 23.4 Å². The number of amidine groups is 1. The molecule has 0 aromatic heterocycles. The molecule has 1 atom stereocenters. The van der Waals surface area contributed by atoms with Crippen LogP contribution in [0.1, 0.15) is 26.7 Å². The highest BCUT2D eigenvalue weighted by Gasteiger charge is 2.36. The van der Waals surface area contributed by atoms with Gasteiger partial charge < -0.3 is 4.90 Å².